The molecule has 0 amide bonds. The predicted molar refractivity (Wildman–Crippen MR) is 59.8 cm³/mol. The number of carbonyl (C=O) groups is 2. The van der Waals surface area contributed by atoms with Crippen molar-refractivity contribution in [3.63, 3.8) is 0 Å². The Morgan fingerprint density at radius 1 is 1.17 bits per heavy atom. The van der Waals surface area contributed by atoms with Crippen LogP contribution in [0.3, 0.4) is 0 Å². The lowest BCUT2D eigenvalue weighted by Crippen LogP contribution is -2.24. The standard InChI is InChI=1S/C12H15F3O3/c1-11(2,10(17)18-3)8-6-4-5-7-9(16)12(13,14)15/h4-7H,8H2,1-3H3/b6-4+,7-5+. The Hall–Kier alpha value is -1.59. The van der Waals surface area contributed by atoms with Crippen LogP contribution in [0.2, 0.25) is 0 Å². The molecule has 0 aliphatic carbocycles. The molecule has 3 nitrogen and oxygen atoms in total. The molecule has 0 unspecified atom stereocenters. The molecule has 0 saturated heterocycles. The highest BCUT2D eigenvalue weighted by Gasteiger charge is 2.35. The summed E-state index contributed by atoms with van der Waals surface area (Å²) in [5.74, 6) is -2.33. The molecule has 0 N–H and O–H groups in total. The van der Waals surface area contributed by atoms with Crippen molar-refractivity contribution in [2.75, 3.05) is 7.11 Å². The maximum absolute atomic E-state index is 11.8. The molecule has 0 aromatic rings. The van der Waals surface area contributed by atoms with E-state index in [1.165, 1.54) is 19.3 Å². The van der Waals surface area contributed by atoms with Crippen LogP contribution in [0.15, 0.2) is 24.3 Å². The van der Waals surface area contributed by atoms with E-state index in [0.717, 1.165) is 6.08 Å². The molecule has 102 valence electrons. The zero-order valence-corrected chi connectivity index (χ0v) is 10.4. The van der Waals surface area contributed by atoms with E-state index in [1.807, 2.05) is 0 Å². The van der Waals surface area contributed by atoms with Gasteiger partial charge in [-0.25, -0.2) is 0 Å². The molecule has 0 radical (unpaired) electrons. The molecular formula is C12H15F3O3. The molecule has 0 aliphatic heterocycles. The van der Waals surface area contributed by atoms with Gasteiger partial charge in [-0.1, -0.05) is 18.2 Å². The largest absolute Gasteiger partial charge is 0.469 e. The van der Waals surface area contributed by atoms with Gasteiger partial charge in [0, 0.05) is 0 Å². The second-order valence-corrected chi connectivity index (χ2v) is 4.23. The van der Waals surface area contributed by atoms with Crippen molar-refractivity contribution in [2.24, 2.45) is 5.41 Å². The van der Waals surface area contributed by atoms with Gasteiger partial charge < -0.3 is 4.74 Å². The van der Waals surface area contributed by atoms with E-state index in [2.05, 4.69) is 4.74 Å². The molecule has 0 spiro atoms. The van der Waals surface area contributed by atoms with Gasteiger partial charge in [0.05, 0.1) is 12.5 Å². The van der Waals surface area contributed by atoms with Gasteiger partial charge in [0.25, 0.3) is 5.78 Å². The smallest absolute Gasteiger partial charge is 0.454 e. The summed E-state index contributed by atoms with van der Waals surface area (Å²) in [4.78, 5) is 21.7. The van der Waals surface area contributed by atoms with Crippen LogP contribution in [0.5, 0.6) is 0 Å². The third kappa shape index (κ3) is 5.65. The van der Waals surface area contributed by atoms with E-state index >= 15 is 0 Å². The summed E-state index contributed by atoms with van der Waals surface area (Å²) < 4.78 is 40.0. The van der Waals surface area contributed by atoms with E-state index in [1.54, 1.807) is 13.8 Å². The van der Waals surface area contributed by atoms with Crippen molar-refractivity contribution in [3.8, 4) is 0 Å². The molecule has 0 rings (SSSR count). The van der Waals surface area contributed by atoms with Gasteiger partial charge in [-0.05, 0) is 26.3 Å². The van der Waals surface area contributed by atoms with Crippen LogP contribution in [0.25, 0.3) is 0 Å². The van der Waals surface area contributed by atoms with Gasteiger partial charge in [0.2, 0.25) is 0 Å². The number of halogens is 3. The van der Waals surface area contributed by atoms with Crippen LogP contribution in [0.4, 0.5) is 13.2 Å². The van der Waals surface area contributed by atoms with E-state index < -0.39 is 23.3 Å². The number of esters is 1. The van der Waals surface area contributed by atoms with Crippen LogP contribution in [-0.4, -0.2) is 25.0 Å². The third-order valence-corrected chi connectivity index (χ3v) is 2.14. The third-order valence-electron chi connectivity index (χ3n) is 2.14. The lowest BCUT2D eigenvalue weighted by Gasteiger charge is -2.18. The second kappa shape index (κ2) is 6.37. The molecule has 0 aromatic heterocycles. The highest BCUT2D eigenvalue weighted by molar-refractivity contribution is 5.94. The van der Waals surface area contributed by atoms with Crippen molar-refractivity contribution < 1.29 is 27.5 Å². The van der Waals surface area contributed by atoms with Crippen LogP contribution in [0.1, 0.15) is 20.3 Å². The molecule has 6 heteroatoms. The number of ether oxygens (including phenoxy) is 1. The topological polar surface area (TPSA) is 43.4 Å². The second-order valence-electron chi connectivity index (χ2n) is 4.23. The molecule has 0 heterocycles. The normalized spacial score (nSPS) is 13.2. The van der Waals surface area contributed by atoms with Gasteiger partial charge in [-0.15, -0.1) is 0 Å². The van der Waals surface area contributed by atoms with Gasteiger partial charge in [-0.2, -0.15) is 13.2 Å². The van der Waals surface area contributed by atoms with E-state index in [9.17, 15) is 22.8 Å². The molecule has 0 aliphatic rings. The minimum atomic E-state index is -4.85. The molecule has 18 heavy (non-hydrogen) atoms. The van der Waals surface area contributed by atoms with Gasteiger partial charge in [0.1, 0.15) is 0 Å². The van der Waals surface area contributed by atoms with Crippen molar-refractivity contribution >= 4 is 11.8 Å². The van der Waals surface area contributed by atoms with E-state index in [4.69, 9.17) is 0 Å². The van der Waals surface area contributed by atoms with Crippen molar-refractivity contribution in [1.82, 2.24) is 0 Å². The lowest BCUT2D eigenvalue weighted by atomic mass is 9.89. The Kier molecular flexibility index (Phi) is 5.81. The van der Waals surface area contributed by atoms with Crippen LogP contribution in [-0.2, 0) is 14.3 Å². The Bertz CT molecular complexity index is 365. The van der Waals surface area contributed by atoms with Crippen LogP contribution >= 0.6 is 0 Å². The van der Waals surface area contributed by atoms with E-state index in [-0.39, 0.29) is 0 Å². The Morgan fingerprint density at radius 3 is 2.17 bits per heavy atom. The molecule has 0 saturated carbocycles. The quantitative estimate of drug-likeness (QED) is 0.435. The number of methoxy groups -OCH3 is 1. The Labute approximate surface area is 103 Å². The monoisotopic (exact) mass is 264 g/mol. The summed E-state index contributed by atoms with van der Waals surface area (Å²) >= 11 is 0. The maximum atomic E-state index is 11.8. The summed E-state index contributed by atoms with van der Waals surface area (Å²) in [6, 6.07) is 0. The first-order valence-electron chi connectivity index (χ1n) is 5.14. The Morgan fingerprint density at radius 2 is 1.72 bits per heavy atom. The lowest BCUT2D eigenvalue weighted by molar-refractivity contribution is -0.165. The summed E-state index contributed by atoms with van der Waals surface area (Å²) in [5, 5.41) is 0. The van der Waals surface area contributed by atoms with Crippen molar-refractivity contribution in [3.05, 3.63) is 24.3 Å². The Balaban J connectivity index is 4.33. The predicted octanol–water partition coefficient (Wildman–Crippen LogP) is 2.82. The van der Waals surface area contributed by atoms with Gasteiger partial charge in [0.15, 0.2) is 0 Å². The molecular weight excluding hydrogens is 249 g/mol. The fourth-order valence-electron chi connectivity index (χ4n) is 1.04. The number of hydrogen-bond acceptors (Lipinski definition) is 3. The van der Waals surface area contributed by atoms with Crippen molar-refractivity contribution in [1.29, 1.82) is 0 Å². The number of rotatable bonds is 5. The molecule has 0 fully saturated rings. The first-order chi connectivity index (χ1) is 8.11. The zero-order valence-electron chi connectivity index (χ0n) is 10.4. The number of alkyl halides is 3. The van der Waals surface area contributed by atoms with Gasteiger partial charge in [-0.3, -0.25) is 9.59 Å². The first-order valence-corrected chi connectivity index (χ1v) is 5.14. The number of carbonyl (C=O) groups excluding carboxylic acids is 2. The van der Waals surface area contributed by atoms with Gasteiger partial charge >= 0.3 is 12.1 Å². The maximum Gasteiger partial charge on any atom is 0.454 e. The van der Waals surface area contributed by atoms with E-state index in [0.29, 0.717) is 12.5 Å². The number of ketones is 1. The fraction of sp³-hybridized carbons (Fsp3) is 0.500. The van der Waals surface area contributed by atoms with Crippen LogP contribution < -0.4 is 0 Å². The minimum absolute atomic E-state index is 0.296. The summed E-state index contributed by atoms with van der Waals surface area (Å²) in [6.07, 6.45) is -0.351. The van der Waals surface area contributed by atoms with Crippen molar-refractivity contribution in [2.45, 2.75) is 26.4 Å². The highest BCUT2D eigenvalue weighted by atomic mass is 19.4. The SMILES string of the molecule is COC(=O)C(C)(C)C/C=C/C=C/C(=O)C(F)(F)F. The average molecular weight is 264 g/mol. The number of allylic oxidation sites excluding steroid dienone is 4. The summed E-state index contributed by atoms with van der Waals surface area (Å²) in [6.45, 7) is 3.29. The molecule has 0 bridgehead atoms. The first kappa shape index (κ1) is 16.4. The minimum Gasteiger partial charge on any atom is -0.469 e. The zero-order chi connectivity index (χ0) is 14.4. The molecule has 0 aromatic carbocycles. The fourth-order valence-corrected chi connectivity index (χ4v) is 1.04. The molecule has 0 atom stereocenters. The number of hydrogen-bond donors (Lipinski definition) is 0. The average Bonchev–Trinajstić information content (AvgIpc) is 2.25. The summed E-state index contributed by atoms with van der Waals surface area (Å²) in [5.41, 5.74) is -0.757. The highest BCUT2D eigenvalue weighted by Crippen LogP contribution is 2.22. The summed E-state index contributed by atoms with van der Waals surface area (Å²) in [7, 11) is 1.26. The van der Waals surface area contributed by atoms with Crippen LogP contribution in [0, 0.1) is 5.41 Å².